The zero-order valence-corrected chi connectivity index (χ0v) is 11.6. The number of carbonyl (C=O) groups excluding carboxylic acids is 1. The van der Waals surface area contributed by atoms with E-state index in [2.05, 4.69) is 47.7 Å². The van der Waals surface area contributed by atoms with Crippen molar-refractivity contribution in [3.8, 4) is 23.3 Å². The molecule has 0 saturated heterocycles. The molecule has 0 aromatic carbocycles. The average Bonchev–Trinajstić information content (AvgIpc) is 2.20. The Morgan fingerprint density at radius 1 is 1.12 bits per heavy atom. The van der Waals surface area contributed by atoms with Crippen LogP contribution >= 0.6 is 0 Å². The fourth-order valence-electron chi connectivity index (χ4n) is 0.940. The fourth-order valence-corrected chi connectivity index (χ4v) is 1.60. The predicted octanol–water partition coefficient (Wildman–Crippen LogP) is 2.60. The highest BCUT2D eigenvalue weighted by Crippen LogP contribution is 2.00. The zero-order valence-electron chi connectivity index (χ0n) is 10.6. The molecule has 88 valence electrons. The Bertz CT molecular complexity index is 331. The summed E-state index contributed by atoms with van der Waals surface area (Å²) in [6.07, 6.45) is 3.71. The van der Waals surface area contributed by atoms with Crippen LogP contribution in [0, 0.1) is 23.3 Å². The van der Waals surface area contributed by atoms with Crippen LogP contribution in [0.15, 0.2) is 0 Å². The molecular weight excluding hydrogens is 216 g/mol. The smallest absolute Gasteiger partial charge is 0.384 e. The lowest BCUT2D eigenvalue weighted by Gasteiger charge is -2.02. The largest absolute Gasteiger partial charge is 0.459 e. The molecule has 0 saturated carbocycles. The van der Waals surface area contributed by atoms with E-state index >= 15 is 0 Å². The van der Waals surface area contributed by atoms with E-state index in [0.717, 1.165) is 25.7 Å². The molecule has 0 aromatic rings. The van der Waals surface area contributed by atoms with Gasteiger partial charge in [0.15, 0.2) is 0 Å². The van der Waals surface area contributed by atoms with Crippen molar-refractivity contribution < 1.29 is 9.53 Å². The summed E-state index contributed by atoms with van der Waals surface area (Å²) in [5.41, 5.74) is 3.32. The molecule has 0 heterocycles. The van der Waals surface area contributed by atoms with E-state index in [1.54, 1.807) is 0 Å². The van der Waals surface area contributed by atoms with Crippen LogP contribution in [0.1, 0.15) is 25.7 Å². The quantitative estimate of drug-likeness (QED) is 0.247. The van der Waals surface area contributed by atoms with Crippen molar-refractivity contribution >= 4 is 14.0 Å². The summed E-state index contributed by atoms with van der Waals surface area (Å²) in [5.74, 6) is 7.93. The normalized spacial score (nSPS) is 9.50. The molecule has 0 rings (SSSR count). The van der Waals surface area contributed by atoms with Crippen molar-refractivity contribution in [3.63, 3.8) is 0 Å². The highest BCUT2D eigenvalue weighted by molar-refractivity contribution is 6.83. The number of ether oxygens (including phenoxy) is 1. The summed E-state index contributed by atoms with van der Waals surface area (Å²) in [6.45, 7) is 6.71. The zero-order chi connectivity index (χ0) is 12.4. The highest BCUT2D eigenvalue weighted by Gasteiger charge is 2.06. The molecule has 0 aliphatic carbocycles. The van der Waals surface area contributed by atoms with E-state index in [1.807, 2.05) is 0 Å². The molecule has 0 aliphatic heterocycles. The van der Waals surface area contributed by atoms with Crippen LogP contribution in [-0.2, 0) is 9.53 Å². The fraction of sp³-hybridized carbons (Fsp3) is 0.615. The van der Waals surface area contributed by atoms with Crippen LogP contribution in [0.3, 0.4) is 0 Å². The lowest BCUT2D eigenvalue weighted by atomic mass is 10.2. The molecule has 0 bridgehead atoms. The molecular formula is C13H20O2Si. The maximum atomic E-state index is 10.6. The number of hydrogen-bond acceptors (Lipinski definition) is 2. The van der Waals surface area contributed by atoms with E-state index in [9.17, 15) is 4.79 Å². The summed E-state index contributed by atoms with van der Waals surface area (Å²) in [4.78, 5) is 10.6. The second-order valence-corrected chi connectivity index (χ2v) is 9.30. The topological polar surface area (TPSA) is 26.3 Å². The third-order valence-corrected chi connectivity index (χ3v) is 2.62. The summed E-state index contributed by atoms with van der Waals surface area (Å²) < 4.78 is 4.40. The highest BCUT2D eigenvalue weighted by atomic mass is 28.3. The van der Waals surface area contributed by atoms with E-state index in [-0.39, 0.29) is 0 Å². The van der Waals surface area contributed by atoms with Gasteiger partial charge in [-0.1, -0.05) is 25.6 Å². The first-order valence-electron chi connectivity index (χ1n) is 5.52. The third-order valence-electron chi connectivity index (χ3n) is 1.69. The first-order valence-corrected chi connectivity index (χ1v) is 9.02. The van der Waals surface area contributed by atoms with Crippen LogP contribution in [0.2, 0.25) is 19.6 Å². The monoisotopic (exact) mass is 236 g/mol. The van der Waals surface area contributed by atoms with Crippen molar-refractivity contribution in [2.75, 3.05) is 7.11 Å². The van der Waals surface area contributed by atoms with Gasteiger partial charge in [-0.05, 0) is 12.8 Å². The molecule has 0 fully saturated rings. The van der Waals surface area contributed by atoms with Crippen molar-refractivity contribution in [1.82, 2.24) is 0 Å². The molecule has 3 heteroatoms. The van der Waals surface area contributed by atoms with Crippen molar-refractivity contribution in [2.45, 2.75) is 45.3 Å². The Hall–Kier alpha value is -1.19. The molecule has 0 spiro atoms. The number of unbranched alkanes of at least 4 members (excludes halogenated alkanes) is 3. The Kier molecular flexibility index (Phi) is 7.42. The van der Waals surface area contributed by atoms with Gasteiger partial charge in [0.2, 0.25) is 0 Å². The number of methoxy groups -OCH3 is 1. The van der Waals surface area contributed by atoms with Gasteiger partial charge in [0, 0.05) is 18.8 Å². The van der Waals surface area contributed by atoms with Gasteiger partial charge < -0.3 is 4.74 Å². The summed E-state index contributed by atoms with van der Waals surface area (Å²) in [6, 6.07) is 0. The molecule has 16 heavy (non-hydrogen) atoms. The summed E-state index contributed by atoms with van der Waals surface area (Å²) in [7, 11) is 0.134. The second kappa shape index (κ2) is 8.02. The van der Waals surface area contributed by atoms with Gasteiger partial charge in [-0.25, -0.2) is 4.79 Å². The lowest BCUT2D eigenvalue weighted by molar-refractivity contribution is -0.133. The van der Waals surface area contributed by atoms with Crippen molar-refractivity contribution in [2.24, 2.45) is 0 Å². The molecule has 0 N–H and O–H groups in total. The minimum atomic E-state index is -1.20. The Balaban J connectivity index is 3.57. The number of carbonyl (C=O) groups is 1. The van der Waals surface area contributed by atoms with Crippen LogP contribution in [0.25, 0.3) is 0 Å². The summed E-state index contributed by atoms with van der Waals surface area (Å²) in [5, 5.41) is 0. The Morgan fingerprint density at radius 3 is 2.19 bits per heavy atom. The average molecular weight is 236 g/mol. The van der Waals surface area contributed by atoms with Crippen LogP contribution in [-0.4, -0.2) is 21.2 Å². The Labute approximate surface area is 99.8 Å². The third kappa shape index (κ3) is 10.9. The maximum absolute atomic E-state index is 10.6. The van der Waals surface area contributed by atoms with Crippen molar-refractivity contribution in [3.05, 3.63) is 0 Å². The van der Waals surface area contributed by atoms with Gasteiger partial charge in [-0.2, -0.15) is 0 Å². The number of hydrogen-bond donors (Lipinski definition) is 0. The molecule has 0 unspecified atom stereocenters. The summed E-state index contributed by atoms with van der Waals surface area (Å²) >= 11 is 0. The van der Waals surface area contributed by atoms with Gasteiger partial charge in [0.1, 0.15) is 8.07 Å². The second-order valence-electron chi connectivity index (χ2n) is 4.55. The molecule has 2 nitrogen and oxygen atoms in total. The minimum absolute atomic E-state index is 0.460. The standard InChI is InChI=1S/C13H20O2Si/c1-15-13(14)11-9-7-5-6-8-10-12-16(2,3)4/h5-8H2,1-4H3. The molecule has 0 aromatic heterocycles. The first kappa shape index (κ1) is 14.8. The van der Waals surface area contributed by atoms with E-state index in [1.165, 1.54) is 7.11 Å². The van der Waals surface area contributed by atoms with Crippen molar-refractivity contribution in [1.29, 1.82) is 0 Å². The van der Waals surface area contributed by atoms with Gasteiger partial charge in [0.25, 0.3) is 0 Å². The molecule has 0 atom stereocenters. The van der Waals surface area contributed by atoms with Gasteiger partial charge >= 0.3 is 5.97 Å². The molecule has 0 aliphatic rings. The van der Waals surface area contributed by atoms with E-state index in [4.69, 9.17) is 0 Å². The van der Waals surface area contributed by atoms with Gasteiger partial charge in [-0.15, -0.1) is 11.5 Å². The maximum Gasteiger partial charge on any atom is 0.384 e. The Morgan fingerprint density at radius 2 is 1.69 bits per heavy atom. The first-order chi connectivity index (χ1) is 7.45. The molecule has 0 amide bonds. The van der Waals surface area contributed by atoms with Gasteiger partial charge in [-0.3, -0.25) is 0 Å². The minimum Gasteiger partial charge on any atom is -0.459 e. The number of esters is 1. The van der Waals surface area contributed by atoms with Crippen LogP contribution in [0.4, 0.5) is 0 Å². The van der Waals surface area contributed by atoms with Crippen LogP contribution < -0.4 is 0 Å². The van der Waals surface area contributed by atoms with E-state index < -0.39 is 14.0 Å². The van der Waals surface area contributed by atoms with Crippen LogP contribution in [0.5, 0.6) is 0 Å². The lowest BCUT2D eigenvalue weighted by Crippen LogP contribution is -2.16. The van der Waals surface area contributed by atoms with E-state index in [0.29, 0.717) is 0 Å². The van der Waals surface area contributed by atoms with Gasteiger partial charge in [0.05, 0.1) is 7.11 Å². The molecule has 0 radical (unpaired) electrons. The number of rotatable bonds is 3. The SMILES string of the molecule is COC(=O)C#CCCCCC#C[Si](C)(C)C. The predicted molar refractivity (Wildman–Crippen MR) is 69.4 cm³/mol.